The molecule has 21 heavy (non-hydrogen) atoms. The van der Waals surface area contributed by atoms with Crippen LogP contribution in [-0.2, 0) is 11.2 Å². The zero-order chi connectivity index (χ0) is 14.7. The molecular formula is C18H25NO2. The van der Waals surface area contributed by atoms with E-state index < -0.39 is 0 Å². The quantitative estimate of drug-likeness (QED) is 0.924. The van der Waals surface area contributed by atoms with E-state index in [0.29, 0.717) is 18.2 Å². The first-order valence-electron chi connectivity index (χ1n) is 8.18. The van der Waals surface area contributed by atoms with Crippen molar-refractivity contribution < 1.29 is 9.53 Å². The van der Waals surface area contributed by atoms with Gasteiger partial charge in [-0.3, -0.25) is 4.79 Å². The number of benzene rings is 1. The summed E-state index contributed by atoms with van der Waals surface area (Å²) in [5.41, 5.74) is 1.05. The molecule has 1 aromatic carbocycles. The van der Waals surface area contributed by atoms with Gasteiger partial charge in [0.05, 0.1) is 13.2 Å². The predicted molar refractivity (Wildman–Crippen MR) is 83.6 cm³/mol. The molecule has 1 saturated carbocycles. The average Bonchev–Trinajstić information content (AvgIpc) is 2.54. The van der Waals surface area contributed by atoms with Crippen molar-refractivity contribution in [3.63, 3.8) is 0 Å². The van der Waals surface area contributed by atoms with Gasteiger partial charge < -0.3 is 10.1 Å². The Bertz CT molecular complexity index is 500. The molecule has 0 spiro atoms. The molecule has 0 bridgehead atoms. The largest absolute Gasteiger partial charge is 0.497 e. The van der Waals surface area contributed by atoms with E-state index in [2.05, 4.69) is 5.32 Å². The fourth-order valence-corrected chi connectivity index (χ4v) is 3.86. The van der Waals surface area contributed by atoms with Gasteiger partial charge in [-0.1, -0.05) is 25.0 Å². The topological polar surface area (TPSA) is 38.3 Å². The highest BCUT2D eigenvalue weighted by molar-refractivity contribution is 5.86. The zero-order valence-electron chi connectivity index (χ0n) is 12.8. The van der Waals surface area contributed by atoms with Gasteiger partial charge >= 0.3 is 0 Å². The lowest BCUT2D eigenvalue weighted by Gasteiger charge is -2.40. The lowest BCUT2D eigenvalue weighted by Crippen LogP contribution is -2.52. The van der Waals surface area contributed by atoms with Crippen LogP contribution in [0.1, 0.15) is 44.1 Å². The molecule has 1 saturated heterocycles. The first kappa shape index (κ1) is 14.6. The molecule has 3 heteroatoms. The van der Waals surface area contributed by atoms with Crippen molar-refractivity contribution in [1.82, 2.24) is 5.32 Å². The van der Waals surface area contributed by atoms with Crippen molar-refractivity contribution in [2.75, 3.05) is 7.11 Å². The van der Waals surface area contributed by atoms with Crippen LogP contribution in [0.4, 0.5) is 0 Å². The molecule has 3 nitrogen and oxygen atoms in total. The van der Waals surface area contributed by atoms with E-state index in [-0.39, 0.29) is 6.04 Å². The summed E-state index contributed by atoms with van der Waals surface area (Å²) < 4.78 is 5.23. The fourth-order valence-electron chi connectivity index (χ4n) is 3.86. The number of piperidine rings is 1. The summed E-state index contributed by atoms with van der Waals surface area (Å²) in [4.78, 5) is 12.5. The zero-order valence-corrected chi connectivity index (χ0v) is 12.8. The van der Waals surface area contributed by atoms with Crippen LogP contribution in [-0.4, -0.2) is 25.0 Å². The Morgan fingerprint density at radius 2 is 2.10 bits per heavy atom. The molecule has 2 aliphatic rings. The molecule has 3 unspecified atom stereocenters. The third-order valence-electron chi connectivity index (χ3n) is 5.05. The Hall–Kier alpha value is -1.35. The predicted octanol–water partition coefficient (Wildman–Crippen LogP) is 3.12. The number of fused-ring (bicyclic) bond motifs is 1. The third-order valence-corrected chi connectivity index (χ3v) is 5.05. The van der Waals surface area contributed by atoms with Gasteiger partial charge in [0.25, 0.3) is 0 Å². The highest BCUT2D eigenvalue weighted by Crippen LogP contribution is 2.32. The summed E-state index contributed by atoms with van der Waals surface area (Å²) in [6.45, 7) is 0. The van der Waals surface area contributed by atoms with Crippen molar-refractivity contribution in [3.8, 4) is 5.75 Å². The lowest BCUT2D eigenvalue weighted by molar-refractivity contribution is -0.121. The van der Waals surface area contributed by atoms with Crippen molar-refractivity contribution in [1.29, 1.82) is 0 Å². The molecule has 0 amide bonds. The number of ketones is 1. The normalized spacial score (nSPS) is 28.7. The van der Waals surface area contributed by atoms with Gasteiger partial charge in [-0.05, 0) is 49.3 Å². The molecule has 114 valence electrons. The fraction of sp³-hybridized carbons (Fsp3) is 0.611. The monoisotopic (exact) mass is 287 g/mol. The highest BCUT2D eigenvalue weighted by atomic mass is 16.5. The number of nitrogens with one attached hydrogen (secondary N) is 1. The van der Waals surface area contributed by atoms with Gasteiger partial charge in [-0.2, -0.15) is 0 Å². The Balaban J connectivity index is 1.60. The first-order valence-corrected chi connectivity index (χ1v) is 8.18. The average molecular weight is 287 g/mol. The van der Waals surface area contributed by atoms with Crippen LogP contribution in [0, 0.1) is 5.92 Å². The van der Waals surface area contributed by atoms with E-state index >= 15 is 0 Å². The summed E-state index contributed by atoms with van der Waals surface area (Å²) in [5.74, 6) is 1.95. The van der Waals surface area contributed by atoms with Gasteiger partial charge in [0.2, 0.25) is 0 Å². The molecule has 3 rings (SSSR count). The van der Waals surface area contributed by atoms with Gasteiger partial charge in [0.15, 0.2) is 5.78 Å². The second kappa shape index (κ2) is 6.61. The van der Waals surface area contributed by atoms with Crippen molar-refractivity contribution >= 4 is 5.78 Å². The second-order valence-electron chi connectivity index (χ2n) is 6.44. The summed E-state index contributed by atoms with van der Waals surface area (Å²) in [6, 6.07) is 8.46. The van der Waals surface area contributed by atoms with E-state index in [4.69, 9.17) is 4.74 Å². The van der Waals surface area contributed by atoms with Crippen LogP contribution in [0.3, 0.4) is 0 Å². The molecule has 1 aliphatic heterocycles. The van der Waals surface area contributed by atoms with Gasteiger partial charge in [0, 0.05) is 12.5 Å². The molecule has 1 N–H and O–H groups in total. The second-order valence-corrected chi connectivity index (χ2v) is 6.44. The summed E-state index contributed by atoms with van der Waals surface area (Å²) in [5, 5.41) is 3.62. The minimum absolute atomic E-state index is 0.0514. The Labute approximate surface area is 127 Å². The molecule has 3 atom stereocenters. The number of ether oxygens (including phenoxy) is 1. The third kappa shape index (κ3) is 3.46. The molecule has 1 aliphatic carbocycles. The number of Topliss-reactive ketones (excluding diaryl/α,β-unsaturated/α-hetero) is 1. The van der Waals surface area contributed by atoms with Crippen LogP contribution < -0.4 is 10.1 Å². The van der Waals surface area contributed by atoms with Crippen LogP contribution in [0.25, 0.3) is 0 Å². The summed E-state index contributed by atoms with van der Waals surface area (Å²) in [6.07, 6.45) is 7.99. The maximum Gasteiger partial charge on any atom is 0.154 e. The number of hydrogen-bond acceptors (Lipinski definition) is 3. The van der Waals surface area contributed by atoms with Crippen LogP contribution in [0.15, 0.2) is 24.3 Å². The van der Waals surface area contributed by atoms with E-state index in [1.807, 2.05) is 24.3 Å². The first-order chi connectivity index (χ1) is 10.3. The molecule has 2 fully saturated rings. The number of carbonyl (C=O) groups excluding carboxylic acids is 1. The van der Waals surface area contributed by atoms with Crippen LogP contribution in [0.2, 0.25) is 0 Å². The van der Waals surface area contributed by atoms with Gasteiger partial charge in [-0.25, -0.2) is 0 Å². The SMILES string of the molecule is COc1cccc(CC(=O)C2CCC3CCCCC3N2)c1. The molecular weight excluding hydrogens is 262 g/mol. The smallest absolute Gasteiger partial charge is 0.154 e. The van der Waals surface area contributed by atoms with Crippen molar-refractivity contribution in [2.45, 2.75) is 57.0 Å². The summed E-state index contributed by atoms with van der Waals surface area (Å²) in [7, 11) is 1.66. The number of methoxy groups -OCH3 is 1. The molecule has 0 radical (unpaired) electrons. The standard InChI is InChI=1S/C18H25NO2/c1-21-15-7-4-5-13(11-15)12-18(20)17-10-9-14-6-2-3-8-16(14)19-17/h4-5,7,11,14,16-17,19H,2-3,6,8-10,12H2,1H3. The maximum atomic E-state index is 12.5. The molecule has 1 heterocycles. The number of carbonyl (C=O) groups is 1. The van der Waals surface area contributed by atoms with Crippen molar-refractivity contribution in [3.05, 3.63) is 29.8 Å². The highest BCUT2D eigenvalue weighted by Gasteiger charge is 2.34. The van der Waals surface area contributed by atoms with E-state index in [1.165, 1.54) is 32.1 Å². The lowest BCUT2D eigenvalue weighted by atomic mass is 9.77. The minimum atomic E-state index is 0.0514. The van der Waals surface area contributed by atoms with E-state index in [1.54, 1.807) is 7.11 Å². The maximum absolute atomic E-state index is 12.5. The van der Waals surface area contributed by atoms with Gasteiger partial charge in [-0.15, -0.1) is 0 Å². The van der Waals surface area contributed by atoms with Crippen LogP contribution >= 0.6 is 0 Å². The molecule has 0 aromatic heterocycles. The Kier molecular flexibility index (Phi) is 4.59. The van der Waals surface area contributed by atoms with Crippen molar-refractivity contribution in [2.24, 2.45) is 5.92 Å². The Morgan fingerprint density at radius 1 is 1.24 bits per heavy atom. The van der Waals surface area contributed by atoms with Crippen LogP contribution in [0.5, 0.6) is 5.75 Å². The van der Waals surface area contributed by atoms with E-state index in [9.17, 15) is 4.79 Å². The van der Waals surface area contributed by atoms with Gasteiger partial charge in [0.1, 0.15) is 5.75 Å². The Morgan fingerprint density at radius 3 is 2.95 bits per heavy atom. The summed E-state index contributed by atoms with van der Waals surface area (Å²) >= 11 is 0. The number of rotatable bonds is 4. The number of hydrogen-bond donors (Lipinski definition) is 1. The molecule has 1 aromatic rings. The van der Waals surface area contributed by atoms with E-state index in [0.717, 1.165) is 23.7 Å². The minimum Gasteiger partial charge on any atom is -0.497 e.